The molecular weight excluding hydrogens is 473 g/mol. The van der Waals surface area contributed by atoms with Crippen LogP contribution >= 0.6 is 0 Å². The molecule has 1 saturated heterocycles. The van der Waals surface area contributed by atoms with Crippen LogP contribution in [0.25, 0.3) is 22.3 Å². The zero-order chi connectivity index (χ0) is 25.9. The number of nitrogens with zero attached hydrogens (tertiary/aromatic N) is 8. The van der Waals surface area contributed by atoms with Gasteiger partial charge in [0.1, 0.15) is 17.8 Å². The van der Waals surface area contributed by atoms with Gasteiger partial charge in [-0.3, -0.25) is 14.4 Å². The van der Waals surface area contributed by atoms with E-state index in [9.17, 15) is 14.4 Å². The summed E-state index contributed by atoms with van der Waals surface area (Å²) >= 11 is 0. The number of carbonyl (C=O) groups is 1. The molecule has 2 atom stereocenters. The van der Waals surface area contributed by atoms with E-state index in [1.807, 2.05) is 31.5 Å². The van der Waals surface area contributed by atoms with Crippen molar-refractivity contribution in [3.05, 3.63) is 66.1 Å². The van der Waals surface area contributed by atoms with Crippen LogP contribution in [0.5, 0.6) is 0 Å². The smallest absolute Gasteiger partial charge is 0.257 e. The van der Waals surface area contributed by atoms with Crippen LogP contribution in [0.4, 0.5) is 4.39 Å². The van der Waals surface area contributed by atoms with Gasteiger partial charge in [0, 0.05) is 55.6 Å². The minimum absolute atomic E-state index is 0.0352. The number of H-pyrrole nitrogens is 1. The Bertz CT molecular complexity index is 1530. The number of hydrogen-bond donors (Lipinski definition) is 1. The van der Waals surface area contributed by atoms with Gasteiger partial charge in [-0.1, -0.05) is 0 Å². The van der Waals surface area contributed by atoms with Gasteiger partial charge < -0.3 is 9.88 Å². The van der Waals surface area contributed by atoms with Gasteiger partial charge in [0.25, 0.3) is 5.91 Å². The average Bonchev–Trinajstić information content (AvgIpc) is 3.58. The van der Waals surface area contributed by atoms with E-state index in [0.29, 0.717) is 26.2 Å². The highest BCUT2D eigenvalue weighted by Crippen LogP contribution is 2.26. The molecule has 1 aliphatic rings. The normalized spacial score (nSPS) is 16.9. The number of rotatable bonds is 6. The summed E-state index contributed by atoms with van der Waals surface area (Å²) in [6, 6.07) is 9.61. The molecule has 186 valence electrons. The summed E-state index contributed by atoms with van der Waals surface area (Å²) in [5.41, 5.74) is 2.49. The maximum Gasteiger partial charge on any atom is 0.257 e. The van der Waals surface area contributed by atoms with Crippen LogP contribution in [0.2, 0.25) is 0 Å². The second-order valence-electron chi connectivity index (χ2n) is 9.10. The minimum atomic E-state index is -0.692. The Morgan fingerprint density at radius 1 is 1.27 bits per heavy atom. The summed E-state index contributed by atoms with van der Waals surface area (Å²) in [5, 5.41) is 23.9. The molecule has 4 aromatic rings. The van der Waals surface area contributed by atoms with E-state index in [-0.39, 0.29) is 35.5 Å². The van der Waals surface area contributed by atoms with Crippen molar-refractivity contribution in [2.45, 2.75) is 25.4 Å². The summed E-state index contributed by atoms with van der Waals surface area (Å²) in [6.45, 7) is 4.09. The highest BCUT2D eigenvalue weighted by molar-refractivity contribution is 5.95. The van der Waals surface area contributed by atoms with Crippen LogP contribution in [-0.2, 0) is 0 Å². The van der Waals surface area contributed by atoms with Gasteiger partial charge in [-0.15, -0.1) is 0 Å². The zero-order valence-electron chi connectivity index (χ0n) is 20.2. The van der Waals surface area contributed by atoms with Crippen LogP contribution in [-0.4, -0.2) is 72.7 Å². The number of aromatic amines is 1. The van der Waals surface area contributed by atoms with Gasteiger partial charge in [0.05, 0.1) is 47.6 Å². The van der Waals surface area contributed by atoms with Crippen molar-refractivity contribution < 1.29 is 9.18 Å². The topological polar surface area (TPSA) is 131 Å². The van der Waals surface area contributed by atoms with Crippen LogP contribution in [0.1, 0.15) is 35.3 Å². The number of amides is 1. The molecule has 4 heterocycles. The van der Waals surface area contributed by atoms with E-state index in [1.54, 1.807) is 15.8 Å². The predicted molar refractivity (Wildman–Crippen MR) is 132 cm³/mol. The highest BCUT2D eigenvalue weighted by atomic mass is 19.1. The van der Waals surface area contributed by atoms with Crippen LogP contribution in [0.3, 0.4) is 0 Å². The van der Waals surface area contributed by atoms with Gasteiger partial charge in [-0.25, -0.2) is 14.4 Å². The maximum atomic E-state index is 14.4. The van der Waals surface area contributed by atoms with Crippen LogP contribution in [0.15, 0.2) is 49.2 Å². The summed E-state index contributed by atoms with van der Waals surface area (Å²) in [6.07, 6.45) is 7.23. The molecule has 5 rings (SSSR count). The Morgan fingerprint density at radius 3 is 2.89 bits per heavy atom. The lowest BCUT2D eigenvalue weighted by molar-refractivity contribution is 0.0456. The lowest BCUT2D eigenvalue weighted by Gasteiger charge is -2.41. The van der Waals surface area contributed by atoms with Crippen molar-refractivity contribution in [1.82, 2.24) is 34.5 Å². The van der Waals surface area contributed by atoms with E-state index in [1.165, 1.54) is 18.5 Å². The third-order valence-corrected chi connectivity index (χ3v) is 6.70. The first-order valence-corrected chi connectivity index (χ1v) is 11.9. The molecule has 37 heavy (non-hydrogen) atoms. The van der Waals surface area contributed by atoms with Gasteiger partial charge >= 0.3 is 0 Å². The number of nitrogens with one attached hydrogen (secondary N) is 1. The second-order valence-corrected chi connectivity index (χ2v) is 9.10. The standard InChI is InChI=1S/C26H24FN9O/c1-17-13-34(8-9-35(17)26(37)21-3-2-18(11-29)10-23(21)27)15-20(4-6-28)36-14-19(12-33-36)24-22-5-7-30-25(22)32-16-31-24/h2-3,5,7,10,12,14,16-17,20H,4,8-9,13,15H2,1H3,(H,30,31,32)/t17-,20?/m0/s1. The van der Waals surface area contributed by atoms with Crippen molar-refractivity contribution in [2.75, 3.05) is 26.2 Å². The van der Waals surface area contributed by atoms with Crippen LogP contribution < -0.4 is 0 Å². The minimum Gasteiger partial charge on any atom is -0.346 e. The molecule has 1 aromatic carbocycles. The van der Waals surface area contributed by atoms with Crippen molar-refractivity contribution >= 4 is 16.9 Å². The molecule has 10 nitrogen and oxygen atoms in total. The molecule has 0 aliphatic carbocycles. The monoisotopic (exact) mass is 497 g/mol. The largest absolute Gasteiger partial charge is 0.346 e. The summed E-state index contributed by atoms with van der Waals surface area (Å²) in [7, 11) is 0. The second kappa shape index (κ2) is 10.2. The van der Waals surface area contributed by atoms with E-state index in [4.69, 9.17) is 5.26 Å². The lowest BCUT2D eigenvalue weighted by Crippen LogP contribution is -2.55. The van der Waals surface area contributed by atoms with Crippen molar-refractivity contribution in [2.24, 2.45) is 0 Å². The van der Waals surface area contributed by atoms with Crippen molar-refractivity contribution in [3.8, 4) is 23.4 Å². The summed E-state index contributed by atoms with van der Waals surface area (Å²) in [5.74, 6) is -1.08. The number of nitriles is 2. The summed E-state index contributed by atoms with van der Waals surface area (Å²) < 4.78 is 16.2. The molecule has 1 unspecified atom stereocenters. The molecule has 1 fully saturated rings. The predicted octanol–water partition coefficient (Wildman–Crippen LogP) is 3.13. The van der Waals surface area contributed by atoms with E-state index >= 15 is 0 Å². The lowest BCUT2D eigenvalue weighted by atomic mass is 10.1. The number of hydrogen-bond acceptors (Lipinski definition) is 7. The van der Waals surface area contributed by atoms with Gasteiger partial charge in [-0.2, -0.15) is 15.6 Å². The highest BCUT2D eigenvalue weighted by Gasteiger charge is 2.31. The number of halogens is 1. The fraction of sp³-hybridized carbons (Fsp3) is 0.308. The van der Waals surface area contributed by atoms with E-state index < -0.39 is 5.82 Å². The number of aromatic nitrogens is 5. The first kappa shape index (κ1) is 24.1. The van der Waals surface area contributed by atoms with Gasteiger partial charge in [-0.05, 0) is 31.2 Å². The molecule has 0 bridgehead atoms. The molecule has 1 N–H and O–H groups in total. The average molecular weight is 498 g/mol. The molecule has 11 heteroatoms. The molecule has 1 amide bonds. The van der Waals surface area contributed by atoms with E-state index in [0.717, 1.165) is 28.4 Å². The number of benzene rings is 1. The van der Waals surface area contributed by atoms with Crippen molar-refractivity contribution in [1.29, 1.82) is 10.5 Å². The Labute approximate surface area is 212 Å². The number of fused-ring (bicyclic) bond motifs is 1. The Hall–Kier alpha value is -4.61. The zero-order valence-corrected chi connectivity index (χ0v) is 20.2. The Kier molecular flexibility index (Phi) is 6.62. The van der Waals surface area contributed by atoms with Crippen molar-refractivity contribution in [3.63, 3.8) is 0 Å². The number of carbonyl (C=O) groups excluding carboxylic acids is 1. The Balaban J connectivity index is 1.28. The third-order valence-electron chi connectivity index (χ3n) is 6.70. The number of piperazine rings is 1. The fourth-order valence-electron chi connectivity index (χ4n) is 4.82. The third kappa shape index (κ3) is 4.77. The first-order chi connectivity index (χ1) is 18.0. The molecule has 0 radical (unpaired) electrons. The van der Waals surface area contributed by atoms with E-state index in [2.05, 4.69) is 31.0 Å². The maximum absolute atomic E-state index is 14.4. The van der Waals surface area contributed by atoms with Crippen LogP contribution in [0, 0.1) is 28.5 Å². The first-order valence-electron chi connectivity index (χ1n) is 11.9. The molecule has 1 aliphatic heterocycles. The fourth-order valence-corrected chi connectivity index (χ4v) is 4.82. The quantitative estimate of drug-likeness (QED) is 0.433. The molecule has 3 aromatic heterocycles. The van der Waals surface area contributed by atoms with Gasteiger partial charge in [0.15, 0.2) is 0 Å². The Morgan fingerprint density at radius 2 is 2.14 bits per heavy atom. The SMILES string of the molecule is C[C@H]1CN(CC(CC#N)n2cc(-c3ncnc4[nH]ccc34)cn2)CCN1C(=O)c1ccc(C#N)cc1F. The molecular formula is C26H24FN9O. The molecule has 0 saturated carbocycles. The summed E-state index contributed by atoms with van der Waals surface area (Å²) in [4.78, 5) is 28.6. The molecule has 0 spiro atoms. The van der Waals surface area contributed by atoms with Gasteiger partial charge in [0.2, 0.25) is 0 Å².